The molecule has 3 aliphatic heterocycles. The molecule has 0 unspecified atom stereocenters. The van der Waals surface area contributed by atoms with Crippen LogP contribution in [-0.2, 0) is 9.53 Å². The summed E-state index contributed by atoms with van der Waals surface area (Å²) in [5.74, 6) is 1.28. The second-order valence-corrected chi connectivity index (χ2v) is 10.5. The van der Waals surface area contributed by atoms with Crippen molar-refractivity contribution in [2.45, 2.75) is 69.5 Å². The van der Waals surface area contributed by atoms with Crippen molar-refractivity contribution in [3.8, 4) is 6.07 Å². The Labute approximate surface area is 218 Å². The van der Waals surface area contributed by atoms with E-state index in [1.807, 2.05) is 4.90 Å². The molecule has 1 atom stereocenters. The standard InChI is InChI=1S/C26H38N8O3/c27-16-21-4-3-11-34(21)23(35)18-28-19-5-7-20(8-6-19)30-24-22(25(36)32-12-14-37-15-13-32)17-29-26(31-24)33-9-1-2-10-33/h17,19-21,28H,1-15,18H2,(H,29,30,31)/t19?,20?,21-/m0/s1. The van der Waals surface area contributed by atoms with Gasteiger partial charge in [0.1, 0.15) is 17.4 Å². The topological polar surface area (TPSA) is 127 Å². The van der Waals surface area contributed by atoms with E-state index in [9.17, 15) is 14.9 Å². The summed E-state index contributed by atoms with van der Waals surface area (Å²) in [5, 5.41) is 16.2. The lowest BCUT2D eigenvalue weighted by Crippen LogP contribution is -2.45. The molecule has 1 aliphatic carbocycles. The van der Waals surface area contributed by atoms with Crippen molar-refractivity contribution < 1.29 is 14.3 Å². The third-order valence-electron chi connectivity index (χ3n) is 8.03. The zero-order chi connectivity index (χ0) is 25.6. The minimum atomic E-state index is -0.276. The third kappa shape index (κ3) is 6.13. The molecule has 1 aromatic heterocycles. The van der Waals surface area contributed by atoms with Crippen LogP contribution < -0.4 is 15.5 Å². The van der Waals surface area contributed by atoms with Gasteiger partial charge in [0.2, 0.25) is 11.9 Å². The number of carbonyl (C=O) groups excluding carboxylic acids is 2. The van der Waals surface area contributed by atoms with Gasteiger partial charge in [-0.2, -0.15) is 10.2 Å². The molecule has 0 radical (unpaired) electrons. The van der Waals surface area contributed by atoms with Crippen LogP contribution in [0.2, 0.25) is 0 Å². The number of nitriles is 1. The van der Waals surface area contributed by atoms with Crippen molar-refractivity contribution in [3.05, 3.63) is 11.8 Å². The van der Waals surface area contributed by atoms with E-state index in [2.05, 4.69) is 26.6 Å². The number of amides is 2. The number of anilines is 2. The van der Waals surface area contributed by atoms with Gasteiger partial charge in [-0.1, -0.05) is 0 Å². The average molecular weight is 511 g/mol. The lowest BCUT2D eigenvalue weighted by molar-refractivity contribution is -0.130. The van der Waals surface area contributed by atoms with Crippen molar-refractivity contribution in [2.75, 3.05) is 62.7 Å². The molecule has 3 saturated heterocycles. The van der Waals surface area contributed by atoms with Crippen LogP contribution in [0.1, 0.15) is 61.7 Å². The van der Waals surface area contributed by atoms with Crippen molar-refractivity contribution in [1.82, 2.24) is 25.1 Å². The Hall–Kier alpha value is -2.97. The molecular weight excluding hydrogens is 472 g/mol. The molecule has 200 valence electrons. The summed E-state index contributed by atoms with van der Waals surface area (Å²) in [6, 6.07) is 2.43. The minimum absolute atomic E-state index is 0.0194. The molecule has 37 heavy (non-hydrogen) atoms. The number of carbonyl (C=O) groups is 2. The molecule has 2 N–H and O–H groups in total. The first-order valence-electron chi connectivity index (χ1n) is 13.8. The first-order valence-corrected chi connectivity index (χ1v) is 13.8. The van der Waals surface area contributed by atoms with Crippen LogP contribution in [0, 0.1) is 11.3 Å². The Morgan fingerprint density at radius 1 is 1.00 bits per heavy atom. The zero-order valence-electron chi connectivity index (χ0n) is 21.5. The molecule has 0 spiro atoms. The number of hydrogen-bond acceptors (Lipinski definition) is 9. The highest BCUT2D eigenvalue weighted by atomic mass is 16.5. The highest BCUT2D eigenvalue weighted by Crippen LogP contribution is 2.26. The summed E-state index contributed by atoms with van der Waals surface area (Å²) < 4.78 is 5.42. The number of rotatable bonds is 7. The number of likely N-dealkylation sites (tertiary alicyclic amines) is 1. The number of nitrogens with zero attached hydrogens (tertiary/aromatic N) is 6. The second-order valence-electron chi connectivity index (χ2n) is 10.5. The van der Waals surface area contributed by atoms with Gasteiger partial charge in [-0.05, 0) is 51.4 Å². The Morgan fingerprint density at radius 2 is 1.73 bits per heavy atom. The van der Waals surface area contributed by atoms with Gasteiger partial charge in [0.25, 0.3) is 5.91 Å². The van der Waals surface area contributed by atoms with E-state index < -0.39 is 0 Å². The fourth-order valence-corrected chi connectivity index (χ4v) is 5.81. The maximum absolute atomic E-state index is 13.3. The van der Waals surface area contributed by atoms with Gasteiger partial charge in [-0.3, -0.25) is 9.59 Å². The minimum Gasteiger partial charge on any atom is -0.378 e. The lowest BCUT2D eigenvalue weighted by atomic mass is 9.91. The molecule has 0 aromatic carbocycles. The fraction of sp³-hybridized carbons (Fsp3) is 0.731. The number of nitrogens with one attached hydrogen (secondary N) is 2. The van der Waals surface area contributed by atoms with Gasteiger partial charge < -0.3 is 30.1 Å². The Bertz CT molecular complexity index is 994. The molecule has 4 heterocycles. The third-order valence-corrected chi connectivity index (χ3v) is 8.03. The van der Waals surface area contributed by atoms with E-state index in [4.69, 9.17) is 9.72 Å². The quantitative estimate of drug-likeness (QED) is 0.559. The Kier molecular flexibility index (Phi) is 8.36. The van der Waals surface area contributed by atoms with Gasteiger partial charge in [0, 0.05) is 51.0 Å². The van der Waals surface area contributed by atoms with E-state index in [-0.39, 0.29) is 36.5 Å². The largest absolute Gasteiger partial charge is 0.378 e. The molecule has 11 heteroatoms. The Morgan fingerprint density at radius 3 is 2.46 bits per heavy atom. The van der Waals surface area contributed by atoms with Gasteiger partial charge in [0.15, 0.2) is 0 Å². The van der Waals surface area contributed by atoms with Crippen LogP contribution in [0.25, 0.3) is 0 Å². The number of ether oxygens (including phenoxy) is 1. The summed E-state index contributed by atoms with van der Waals surface area (Å²) >= 11 is 0. The molecule has 1 aromatic rings. The summed E-state index contributed by atoms with van der Waals surface area (Å²) in [5.41, 5.74) is 0.522. The van der Waals surface area contributed by atoms with E-state index in [0.29, 0.717) is 50.2 Å². The van der Waals surface area contributed by atoms with E-state index in [0.717, 1.165) is 64.5 Å². The fourth-order valence-electron chi connectivity index (χ4n) is 5.81. The molecule has 4 aliphatic rings. The zero-order valence-corrected chi connectivity index (χ0v) is 21.5. The van der Waals surface area contributed by atoms with Gasteiger partial charge in [-0.15, -0.1) is 0 Å². The van der Waals surface area contributed by atoms with Crippen LogP contribution in [0.4, 0.5) is 11.8 Å². The highest BCUT2D eigenvalue weighted by molar-refractivity contribution is 5.98. The van der Waals surface area contributed by atoms with Crippen molar-refractivity contribution in [3.63, 3.8) is 0 Å². The van der Waals surface area contributed by atoms with Crippen molar-refractivity contribution in [1.29, 1.82) is 5.26 Å². The molecule has 0 bridgehead atoms. The number of aromatic nitrogens is 2. The highest BCUT2D eigenvalue weighted by Gasteiger charge is 2.30. The van der Waals surface area contributed by atoms with Crippen LogP contribution in [0.3, 0.4) is 0 Å². The molecule has 11 nitrogen and oxygen atoms in total. The normalized spacial score (nSPS) is 26.2. The van der Waals surface area contributed by atoms with Crippen LogP contribution in [-0.4, -0.2) is 102 Å². The first-order chi connectivity index (χ1) is 18.1. The SMILES string of the molecule is N#C[C@@H]1CCCN1C(=O)CNC1CCC(Nc2nc(N3CCCC3)ncc2C(=O)N2CCOCC2)CC1. The number of morpholine rings is 1. The van der Waals surface area contributed by atoms with Gasteiger partial charge in [0.05, 0.1) is 25.8 Å². The van der Waals surface area contributed by atoms with E-state index in [1.54, 1.807) is 11.1 Å². The summed E-state index contributed by atoms with van der Waals surface area (Å²) in [4.78, 5) is 41.0. The second kappa shape index (κ2) is 12.0. The monoisotopic (exact) mass is 510 g/mol. The lowest BCUT2D eigenvalue weighted by Gasteiger charge is -2.32. The first kappa shape index (κ1) is 25.7. The molecule has 2 amide bonds. The molecule has 1 saturated carbocycles. The average Bonchev–Trinajstić information content (AvgIpc) is 3.65. The van der Waals surface area contributed by atoms with Crippen molar-refractivity contribution in [2.24, 2.45) is 0 Å². The summed E-state index contributed by atoms with van der Waals surface area (Å²) in [6.07, 6.45) is 9.34. The summed E-state index contributed by atoms with van der Waals surface area (Å²) in [6.45, 7) is 5.10. The van der Waals surface area contributed by atoms with Gasteiger partial charge >= 0.3 is 0 Å². The predicted octanol–water partition coefficient (Wildman–Crippen LogP) is 1.38. The maximum atomic E-state index is 13.3. The van der Waals surface area contributed by atoms with Crippen LogP contribution in [0.5, 0.6) is 0 Å². The Balaban J connectivity index is 1.19. The maximum Gasteiger partial charge on any atom is 0.259 e. The van der Waals surface area contributed by atoms with E-state index >= 15 is 0 Å². The van der Waals surface area contributed by atoms with E-state index in [1.165, 1.54) is 0 Å². The molecular formula is C26H38N8O3. The summed E-state index contributed by atoms with van der Waals surface area (Å²) in [7, 11) is 0. The number of hydrogen-bond donors (Lipinski definition) is 2. The smallest absolute Gasteiger partial charge is 0.259 e. The van der Waals surface area contributed by atoms with Gasteiger partial charge in [-0.25, -0.2) is 4.98 Å². The van der Waals surface area contributed by atoms with Crippen LogP contribution >= 0.6 is 0 Å². The molecule has 5 rings (SSSR count). The van der Waals surface area contributed by atoms with Crippen LogP contribution in [0.15, 0.2) is 6.20 Å². The predicted molar refractivity (Wildman–Crippen MR) is 138 cm³/mol. The van der Waals surface area contributed by atoms with Crippen molar-refractivity contribution >= 4 is 23.6 Å². The molecule has 4 fully saturated rings.